The topological polar surface area (TPSA) is 69.7 Å². The highest BCUT2D eigenvalue weighted by Gasteiger charge is 2.44. The summed E-state index contributed by atoms with van der Waals surface area (Å²) < 4.78 is 0. The van der Waals surface area contributed by atoms with Crippen LogP contribution in [0.25, 0.3) is 0 Å². The van der Waals surface area contributed by atoms with Gasteiger partial charge in [-0.15, -0.1) is 0 Å². The van der Waals surface area contributed by atoms with Crippen LogP contribution in [-0.4, -0.2) is 59.7 Å². The monoisotopic (exact) mass is 327 g/mol. The Bertz CT molecular complexity index is 730. The Morgan fingerprint density at radius 3 is 2.83 bits per heavy atom. The number of benzene rings is 1. The van der Waals surface area contributed by atoms with Crippen molar-refractivity contribution in [1.82, 2.24) is 15.1 Å². The molecule has 24 heavy (non-hydrogen) atoms. The number of likely N-dealkylation sites (N-methyl/N-ethyl adjacent to an activating group) is 1. The molecule has 4 rings (SSSR count). The SMILES string of the molecule is CN1CC(=O)N2C[C@@H](NC(=O)c3ccc4c(c3)CCC4)C[C@H]2C1=O. The summed E-state index contributed by atoms with van der Waals surface area (Å²) in [7, 11) is 1.65. The van der Waals surface area contributed by atoms with Crippen molar-refractivity contribution in [3.63, 3.8) is 0 Å². The predicted octanol–water partition coefficient (Wildman–Crippen LogP) is 0.347. The molecular formula is C18H21N3O3. The van der Waals surface area contributed by atoms with E-state index in [2.05, 4.69) is 5.32 Å². The van der Waals surface area contributed by atoms with Gasteiger partial charge < -0.3 is 15.1 Å². The summed E-state index contributed by atoms with van der Waals surface area (Å²) >= 11 is 0. The van der Waals surface area contributed by atoms with Crippen LogP contribution in [0, 0.1) is 0 Å². The molecule has 3 amide bonds. The molecule has 1 aliphatic carbocycles. The third-order valence-electron chi connectivity index (χ3n) is 5.35. The normalized spacial score (nSPS) is 25.7. The minimum atomic E-state index is -0.429. The molecule has 0 aromatic heterocycles. The molecule has 0 saturated carbocycles. The molecule has 2 aliphatic heterocycles. The van der Waals surface area contributed by atoms with Crippen LogP contribution in [0.5, 0.6) is 0 Å². The van der Waals surface area contributed by atoms with Gasteiger partial charge in [0.2, 0.25) is 11.8 Å². The van der Waals surface area contributed by atoms with Crippen molar-refractivity contribution in [2.45, 2.75) is 37.8 Å². The maximum Gasteiger partial charge on any atom is 0.251 e. The zero-order valence-corrected chi connectivity index (χ0v) is 13.7. The van der Waals surface area contributed by atoms with Gasteiger partial charge in [-0.1, -0.05) is 6.07 Å². The zero-order valence-electron chi connectivity index (χ0n) is 13.7. The van der Waals surface area contributed by atoms with Crippen LogP contribution < -0.4 is 5.32 Å². The Kier molecular flexibility index (Phi) is 3.55. The number of hydrogen-bond acceptors (Lipinski definition) is 3. The fraction of sp³-hybridized carbons (Fsp3) is 0.500. The van der Waals surface area contributed by atoms with E-state index in [1.54, 1.807) is 11.9 Å². The summed E-state index contributed by atoms with van der Waals surface area (Å²) in [4.78, 5) is 39.9. The van der Waals surface area contributed by atoms with Gasteiger partial charge in [0.15, 0.2) is 0 Å². The van der Waals surface area contributed by atoms with Crippen LogP contribution in [0.3, 0.4) is 0 Å². The summed E-state index contributed by atoms with van der Waals surface area (Å²) in [5.41, 5.74) is 3.26. The fourth-order valence-corrected chi connectivity index (χ4v) is 4.06. The Balaban J connectivity index is 1.45. The second kappa shape index (κ2) is 5.61. The predicted molar refractivity (Wildman–Crippen MR) is 87.5 cm³/mol. The highest BCUT2D eigenvalue weighted by atomic mass is 16.2. The summed E-state index contributed by atoms with van der Waals surface area (Å²) in [6.07, 6.45) is 3.77. The van der Waals surface area contributed by atoms with Gasteiger partial charge in [-0.25, -0.2) is 0 Å². The third kappa shape index (κ3) is 2.46. The molecule has 2 atom stereocenters. The van der Waals surface area contributed by atoms with Gasteiger partial charge >= 0.3 is 0 Å². The van der Waals surface area contributed by atoms with Crippen LogP contribution in [-0.2, 0) is 22.4 Å². The van der Waals surface area contributed by atoms with Gasteiger partial charge in [-0.05, 0) is 48.9 Å². The minimum Gasteiger partial charge on any atom is -0.347 e. The van der Waals surface area contributed by atoms with Crippen molar-refractivity contribution < 1.29 is 14.4 Å². The molecule has 0 spiro atoms. The van der Waals surface area contributed by atoms with Gasteiger partial charge in [0.25, 0.3) is 5.91 Å². The molecule has 1 aromatic rings. The largest absolute Gasteiger partial charge is 0.347 e. The van der Waals surface area contributed by atoms with E-state index in [0.29, 0.717) is 18.5 Å². The van der Waals surface area contributed by atoms with E-state index < -0.39 is 6.04 Å². The number of hydrogen-bond donors (Lipinski definition) is 1. The number of nitrogens with zero attached hydrogens (tertiary/aromatic N) is 2. The van der Waals surface area contributed by atoms with Gasteiger partial charge in [-0.2, -0.15) is 0 Å². The smallest absolute Gasteiger partial charge is 0.251 e. The molecule has 2 fully saturated rings. The first-order valence-corrected chi connectivity index (χ1v) is 8.50. The van der Waals surface area contributed by atoms with Crippen LogP contribution in [0.15, 0.2) is 18.2 Å². The highest BCUT2D eigenvalue weighted by Crippen LogP contribution is 2.25. The van der Waals surface area contributed by atoms with E-state index in [-0.39, 0.29) is 30.3 Å². The van der Waals surface area contributed by atoms with Gasteiger partial charge in [0, 0.05) is 25.2 Å². The molecule has 0 bridgehead atoms. The Morgan fingerprint density at radius 2 is 2.00 bits per heavy atom. The molecule has 6 nitrogen and oxygen atoms in total. The maximum atomic E-state index is 12.5. The molecule has 3 aliphatic rings. The molecule has 1 aromatic carbocycles. The molecule has 6 heteroatoms. The summed E-state index contributed by atoms with van der Waals surface area (Å²) in [6, 6.07) is 5.28. The standard InChI is InChI=1S/C18H21N3O3/c1-20-10-16(22)21-9-14(8-15(21)18(20)24)19-17(23)13-6-5-11-3-2-4-12(11)7-13/h5-7,14-15H,2-4,8-10H2,1H3,(H,19,23)/t14-,15-/m0/s1. The molecule has 2 heterocycles. The van der Waals surface area contributed by atoms with E-state index >= 15 is 0 Å². The third-order valence-corrected chi connectivity index (χ3v) is 5.35. The van der Waals surface area contributed by atoms with Gasteiger partial charge in [-0.3, -0.25) is 14.4 Å². The molecule has 2 saturated heterocycles. The summed E-state index contributed by atoms with van der Waals surface area (Å²) in [5.74, 6) is -0.206. The first-order chi connectivity index (χ1) is 11.5. The Morgan fingerprint density at radius 1 is 1.21 bits per heavy atom. The number of aryl methyl sites for hydroxylation is 2. The van der Waals surface area contributed by atoms with E-state index in [4.69, 9.17) is 0 Å². The van der Waals surface area contributed by atoms with E-state index in [1.807, 2.05) is 18.2 Å². The lowest BCUT2D eigenvalue weighted by Gasteiger charge is -2.33. The van der Waals surface area contributed by atoms with Crippen LogP contribution >= 0.6 is 0 Å². The van der Waals surface area contributed by atoms with E-state index in [9.17, 15) is 14.4 Å². The van der Waals surface area contributed by atoms with Crippen molar-refractivity contribution in [1.29, 1.82) is 0 Å². The van der Waals surface area contributed by atoms with Crippen molar-refractivity contribution >= 4 is 17.7 Å². The Hall–Kier alpha value is -2.37. The lowest BCUT2D eigenvalue weighted by Crippen LogP contribution is -2.55. The van der Waals surface area contributed by atoms with Crippen LogP contribution in [0.1, 0.15) is 34.3 Å². The number of amides is 3. The quantitative estimate of drug-likeness (QED) is 0.852. The number of carbonyl (C=O) groups is 3. The van der Waals surface area contributed by atoms with Crippen molar-refractivity contribution in [3.05, 3.63) is 34.9 Å². The lowest BCUT2D eigenvalue weighted by molar-refractivity contribution is -0.152. The van der Waals surface area contributed by atoms with Gasteiger partial charge in [0.1, 0.15) is 6.04 Å². The van der Waals surface area contributed by atoms with E-state index in [0.717, 1.165) is 19.3 Å². The molecule has 126 valence electrons. The fourth-order valence-electron chi connectivity index (χ4n) is 4.06. The number of rotatable bonds is 2. The molecule has 1 N–H and O–H groups in total. The maximum absolute atomic E-state index is 12.5. The average molecular weight is 327 g/mol. The van der Waals surface area contributed by atoms with Crippen molar-refractivity contribution in [2.24, 2.45) is 0 Å². The highest BCUT2D eigenvalue weighted by molar-refractivity contribution is 5.97. The van der Waals surface area contributed by atoms with Crippen LogP contribution in [0.2, 0.25) is 0 Å². The number of piperazine rings is 1. The zero-order chi connectivity index (χ0) is 16.8. The van der Waals surface area contributed by atoms with E-state index in [1.165, 1.54) is 16.0 Å². The van der Waals surface area contributed by atoms with Gasteiger partial charge in [0.05, 0.1) is 6.54 Å². The minimum absolute atomic E-state index is 0.0381. The second-order valence-corrected chi connectivity index (χ2v) is 7.00. The molecular weight excluding hydrogens is 306 g/mol. The first-order valence-electron chi connectivity index (χ1n) is 8.50. The lowest BCUT2D eigenvalue weighted by atomic mass is 10.1. The second-order valence-electron chi connectivity index (χ2n) is 7.00. The van der Waals surface area contributed by atoms with Crippen molar-refractivity contribution in [2.75, 3.05) is 20.1 Å². The number of nitrogens with one attached hydrogen (secondary N) is 1. The number of fused-ring (bicyclic) bond motifs is 2. The van der Waals surface area contributed by atoms with Crippen molar-refractivity contribution in [3.8, 4) is 0 Å². The first kappa shape index (κ1) is 15.2. The average Bonchev–Trinajstić information content (AvgIpc) is 3.18. The van der Waals surface area contributed by atoms with Crippen LogP contribution in [0.4, 0.5) is 0 Å². The molecule has 0 unspecified atom stereocenters. The Labute approximate surface area is 140 Å². The molecule has 0 radical (unpaired) electrons. The number of carbonyl (C=O) groups excluding carboxylic acids is 3. The summed E-state index contributed by atoms with van der Waals surface area (Å²) in [5, 5.41) is 3.00. The summed E-state index contributed by atoms with van der Waals surface area (Å²) in [6.45, 7) is 0.542.